The van der Waals surface area contributed by atoms with E-state index in [9.17, 15) is 9.18 Å². The van der Waals surface area contributed by atoms with Crippen molar-refractivity contribution in [1.82, 2.24) is 5.16 Å². The van der Waals surface area contributed by atoms with Crippen molar-refractivity contribution in [3.8, 4) is 0 Å². The summed E-state index contributed by atoms with van der Waals surface area (Å²) in [6.45, 7) is 5.58. The van der Waals surface area contributed by atoms with Crippen LogP contribution in [0.2, 0.25) is 0 Å². The van der Waals surface area contributed by atoms with Gasteiger partial charge in [0, 0.05) is 25.1 Å². The number of aromatic nitrogens is 1. The van der Waals surface area contributed by atoms with E-state index in [1.165, 1.54) is 18.6 Å². The molecular formula is C19H24FN3O2. The van der Waals surface area contributed by atoms with Crippen LogP contribution in [-0.2, 0) is 11.2 Å². The van der Waals surface area contributed by atoms with Gasteiger partial charge < -0.3 is 14.7 Å². The molecule has 0 spiro atoms. The molecule has 1 aromatic heterocycles. The van der Waals surface area contributed by atoms with Gasteiger partial charge in [0.05, 0.1) is 17.1 Å². The average Bonchev–Trinajstić information content (AvgIpc) is 2.92. The fraction of sp³-hybridized carbons (Fsp3) is 0.474. The van der Waals surface area contributed by atoms with Crippen LogP contribution < -0.4 is 10.2 Å². The van der Waals surface area contributed by atoms with Crippen LogP contribution >= 0.6 is 0 Å². The highest BCUT2D eigenvalue weighted by molar-refractivity contribution is 5.94. The minimum absolute atomic E-state index is 0.135. The number of amides is 1. The first kappa shape index (κ1) is 17.5. The standard InChI is InChI=1S/C19H24FN3O2/c1-13-16(14(2)25-22-13)7-9-19(24)21-17-12-15(20)6-8-18(17)23-10-4-3-5-11-23/h6,8,12H,3-5,7,9-11H2,1-2H3,(H,21,24). The molecule has 0 aliphatic carbocycles. The predicted molar refractivity (Wildman–Crippen MR) is 95.4 cm³/mol. The molecule has 1 aliphatic rings. The summed E-state index contributed by atoms with van der Waals surface area (Å²) in [6.07, 6.45) is 4.32. The first-order valence-corrected chi connectivity index (χ1v) is 8.80. The fourth-order valence-corrected chi connectivity index (χ4v) is 3.33. The van der Waals surface area contributed by atoms with Crippen LogP contribution in [-0.4, -0.2) is 24.2 Å². The number of nitrogens with one attached hydrogen (secondary N) is 1. The number of benzene rings is 1. The average molecular weight is 345 g/mol. The third-order valence-corrected chi connectivity index (χ3v) is 4.71. The number of carbonyl (C=O) groups is 1. The summed E-state index contributed by atoms with van der Waals surface area (Å²) >= 11 is 0. The molecule has 0 bridgehead atoms. The van der Waals surface area contributed by atoms with Crippen LogP contribution in [0.1, 0.15) is 42.7 Å². The molecule has 6 heteroatoms. The smallest absolute Gasteiger partial charge is 0.224 e. The summed E-state index contributed by atoms with van der Waals surface area (Å²) in [6, 6.07) is 4.60. The largest absolute Gasteiger partial charge is 0.370 e. The van der Waals surface area contributed by atoms with Gasteiger partial charge in [0.1, 0.15) is 11.6 Å². The van der Waals surface area contributed by atoms with Crippen molar-refractivity contribution in [3.05, 3.63) is 41.0 Å². The molecule has 3 rings (SSSR count). The van der Waals surface area contributed by atoms with E-state index in [0.717, 1.165) is 48.6 Å². The minimum atomic E-state index is -0.346. The third kappa shape index (κ3) is 4.18. The van der Waals surface area contributed by atoms with E-state index in [-0.39, 0.29) is 11.7 Å². The Kier molecular flexibility index (Phi) is 5.36. The summed E-state index contributed by atoms with van der Waals surface area (Å²) in [5.41, 5.74) is 3.22. The summed E-state index contributed by atoms with van der Waals surface area (Å²) in [4.78, 5) is 14.6. The van der Waals surface area contributed by atoms with E-state index in [1.807, 2.05) is 13.8 Å². The van der Waals surface area contributed by atoms with Gasteiger partial charge in [0.2, 0.25) is 5.91 Å². The van der Waals surface area contributed by atoms with Gasteiger partial charge in [-0.2, -0.15) is 0 Å². The molecule has 1 aliphatic heterocycles. The Morgan fingerprint density at radius 3 is 2.72 bits per heavy atom. The molecule has 2 aromatic rings. The van der Waals surface area contributed by atoms with Crippen LogP contribution in [0.4, 0.5) is 15.8 Å². The molecule has 1 N–H and O–H groups in total. The number of rotatable bonds is 5. The van der Waals surface area contributed by atoms with Gasteiger partial charge in [-0.1, -0.05) is 5.16 Å². The molecule has 25 heavy (non-hydrogen) atoms. The SMILES string of the molecule is Cc1noc(C)c1CCC(=O)Nc1cc(F)ccc1N1CCCCC1. The zero-order chi connectivity index (χ0) is 17.8. The molecule has 1 saturated heterocycles. The van der Waals surface area contributed by atoms with Gasteiger partial charge in [-0.05, 0) is 57.7 Å². The maximum absolute atomic E-state index is 13.7. The van der Waals surface area contributed by atoms with E-state index in [1.54, 1.807) is 6.07 Å². The topological polar surface area (TPSA) is 58.4 Å². The van der Waals surface area contributed by atoms with Crippen molar-refractivity contribution in [2.45, 2.75) is 46.0 Å². The second kappa shape index (κ2) is 7.68. The maximum atomic E-state index is 13.7. The Morgan fingerprint density at radius 2 is 2.04 bits per heavy atom. The van der Waals surface area contributed by atoms with Crippen molar-refractivity contribution >= 4 is 17.3 Å². The molecule has 1 aromatic carbocycles. The van der Waals surface area contributed by atoms with E-state index < -0.39 is 0 Å². The van der Waals surface area contributed by atoms with E-state index >= 15 is 0 Å². The highest BCUT2D eigenvalue weighted by Crippen LogP contribution is 2.29. The highest BCUT2D eigenvalue weighted by Gasteiger charge is 2.17. The van der Waals surface area contributed by atoms with Gasteiger partial charge in [0.25, 0.3) is 0 Å². The van der Waals surface area contributed by atoms with E-state index in [4.69, 9.17) is 4.52 Å². The highest BCUT2D eigenvalue weighted by atomic mass is 19.1. The van der Waals surface area contributed by atoms with Gasteiger partial charge in [-0.3, -0.25) is 4.79 Å². The quantitative estimate of drug-likeness (QED) is 0.890. The van der Waals surface area contributed by atoms with Crippen LogP contribution in [0.3, 0.4) is 0 Å². The lowest BCUT2D eigenvalue weighted by Crippen LogP contribution is -2.30. The number of halogens is 1. The first-order valence-electron chi connectivity index (χ1n) is 8.80. The van der Waals surface area contributed by atoms with Crippen molar-refractivity contribution in [2.24, 2.45) is 0 Å². The number of piperidine rings is 1. The van der Waals surface area contributed by atoms with Gasteiger partial charge in [0.15, 0.2) is 0 Å². The molecule has 5 nitrogen and oxygen atoms in total. The molecule has 0 radical (unpaired) electrons. The molecule has 2 heterocycles. The Hall–Kier alpha value is -2.37. The monoisotopic (exact) mass is 345 g/mol. The molecule has 1 amide bonds. The van der Waals surface area contributed by atoms with Gasteiger partial charge >= 0.3 is 0 Å². The number of hydrogen-bond donors (Lipinski definition) is 1. The molecule has 0 atom stereocenters. The van der Waals surface area contributed by atoms with Crippen LogP contribution in [0.25, 0.3) is 0 Å². The van der Waals surface area contributed by atoms with Gasteiger partial charge in [-0.25, -0.2) is 4.39 Å². The molecular weight excluding hydrogens is 321 g/mol. The van der Waals surface area contributed by atoms with Crippen LogP contribution in [0, 0.1) is 19.7 Å². The van der Waals surface area contributed by atoms with E-state index in [0.29, 0.717) is 18.5 Å². The zero-order valence-electron chi connectivity index (χ0n) is 14.8. The van der Waals surface area contributed by atoms with Crippen LogP contribution in [0.15, 0.2) is 22.7 Å². The maximum Gasteiger partial charge on any atom is 0.224 e. The summed E-state index contributed by atoms with van der Waals surface area (Å²) in [7, 11) is 0. The lowest BCUT2D eigenvalue weighted by atomic mass is 10.1. The molecule has 134 valence electrons. The number of carbonyl (C=O) groups excluding carboxylic acids is 1. The number of nitrogens with zero attached hydrogens (tertiary/aromatic N) is 2. The Balaban J connectivity index is 1.68. The summed E-state index contributed by atoms with van der Waals surface area (Å²) in [5.74, 6) is 0.260. The Labute approximate surface area is 147 Å². The van der Waals surface area contributed by atoms with Crippen molar-refractivity contribution in [2.75, 3.05) is 23.3 Å². The van der Waals surface area contributed by atoms with Crippen molar-refractivity contribution in [1.29, 1.82) is 0 Å². The number of aryl methyl sites for hydroxylation is 2. The van der Waals surface area contributed by atoms with Gasteiger partial charge in [-0.15, -0.1) is 0 Å². The van der Waals surface area contributed by atoms with Crippen LogP contribution in [0.5, 0.6) is 0 Å². The predicted octanol–water partition coefficient (Wildman–Crippen LogP) is 3.99. The lowest BCUT2D eigenvalue weighted by Gasteiger charge is -2.30. The summed E-state index contributed by atoms with van der Waals surface area (Å²) in [5, 5.41) is 6.78. The van der Waals surface area contributed by atoms with E-state index in [2.05, 4.69) is 15.4 Å². The minimum Gasteiger partial charge on any atom is -0.370 e. The molecule has 1 fully saturated rings. The second-order valence-corrected chi connectivity index (χ2v) is 6.56. The Morgan fingerprint density at radius 1 is 1.28 bits per heavy atom. The number of anilines is 2. The fourth-order valence-electron chi connectivity index (χ4n) is 3.33. The number of hydrogen-bond acceptors (Lipinski definition) is 4. The second-order valence-electron chi connectivity index (χ2n) is 6.56. The first-order chi connectivity index (χ1) is 12.0. The van der Waals surface area contributed by atoms with Crippen molar-refractivity contribution in [3.63, 3.8) is 0 Å². The molecule has 0 saturated carbocycles. The lowest BCUT2D eigenvalue weighted by molar-refractivity contribution is -0.116. The van der Waals surface area contributed by atoms with Crippen molar-refractivity contribution < 1.29 is 13.7 Å². The zero-order valence-corrected chi connectivity index (χ0v) is 14.8. The third-order valence-electron chi connectivity index (χ3n) is 4.71. The Bertz CT molecular complexity index is 732. The summed E-state index contributed by atoms with van der Waals surface area (Å²) < 4.78 is 18.8. The molecule has 0 unspecified atom stereocenters. The normalized spacial score (nSPS) is 14.6.